The quantitative estimate of drug-likeness (QED) is 0.163. The van der Waals surface area contributed by atoms with Gasteiger partial charge in [-0.3, -0.25) is 9.59 Å². The maximum atomic E-state index is 13.2. The topological polar surface area (TPSA) is 85.6 Å². The monoisotopic (exact) mass is 784 g/mol. The van der Waals surface area contributed by atoms with E-state index in [-0.39, 0.29) is 18.1 Å². The molecule has 1 amide bonds. The fourth-order valence-electron chi connectivity index (χ4n) is 3.59. The molecule has 1 N–H and O–H groups in total. The normalized spacial score (nSPS) is 11.3. The van der Waals surface area contributed by atoms with Gasteiger partial charge in [-0.25, -0.2) is 4.98 Å². The summed E-state index contributed by atoms with van der Waals surface area (Å²) in [6.07, 6.45) is 3.11. The Morgan fingerprint density at radius 1 is 1.14 bits per heavy atom. The average molecular weight is 785 g/mol. The zero-order valence-electron chi connectivity index (χ0n) is 20.1. The van der Waals surface area contributed by atoms with Crippen LogP contribution in [0.5, 0.6) is 5.75 Å². The lowest BCUT2D eigenvalue weighted by Gasteiger charge is -2.12. The van der Waals surface area contributed by atoms with Crippen LogP contribution in [0.3, 0.4) is 0 Å². The Morgan fingerprint density at radius 2 is 1.84 bits per heavy atom. The number of fused-ring (bicyclic) bond motifs is 1. The summed E-state index contributed by atoms with van der Waals surface area (Å²) in [5.41, 5.74) is 3.09. The molecule has 7 nitrogen and oxygen atoms in total. The smallest absolute Gasteiger partial charge is 0.282 e. The fourth-order valence-corrected chi connectivity index (χ4v) is 6.08. The molecule has 0 aliphatic rings. The summed E-state index contributed by atoms with van der Waals surface area (Å²) in [7, 11) is 0. The van der Waals surface area contributed by atoms with Crippen LogP contribution in [-0.4, -0.2) is 28.4 Å². The number of aryl methyl sites for hydroxylation is 2. The number of hydrogen-bond acceptors (Lipinski definition) is 5. The van der Waals surface area contributed by atoms with Crippen molar-refractivity contribution in [3.8, 4) is 5.75 Å². The summed E-state index contributed by atoms with van der Waals surface area (Å²) in [5, 5.41) is 7.84. The molecule has 0 bridgehead atoms. The molecule has 0 saturated carbocycles. The Morgan fingerprint density at radius 3 is 2.51 bits per heavy atom. The molecule has 0 saturated heterocycles. The number of nitrogens with one attached hydrogen (secondary N) is 1. The molecule has 3 aromatic carbocycles. The molecule has 0 unspecified atom stereocenters. The van der Waals surface area contributed by atoms with E-state index in [0.717, 1.165) is 34.8 Å². The van der Waals surface area contributed by atoms with E-state index >= 15 is 0 Å². The molecule has 0 spiro atoms. The summed E-state index contributed by atoms with van der Waals surface area (Å²) in [5.74, 6) is 1.00. The Balaban J connectivity index is 1.54. The van der Waals surface area contributed by atoms with Gasteiger partial charge >= 0.3 is 0 Å². The molecular formula is C27H23BrI2N4O3. The van der Waals surface area contributed by atoms with Crippen molar-refractivity contribution in [1.29, 1.82) is 0 Å². The maximum absolute atomic E-state index is 13.2. The van der Waals surface area contributed by atoms with E-state index in [1.54, 1.807) is 12.3 Å². The van der Waals surface area contributed by atoms with Gasteiger partial charge in [0.1, 0.15) is 11.6 Å². The van der Waals surface area contributed by atoms with E-state index in [2.05, 4.69) is 76.5 Å². The van der Waals surface area contributed by atoms with E-state index in [1.165, 1.54) is 4.68 Å². The Labute approximate surface area is 250 Å². The van der Waals surface area contributed by atoms with Crippen LogP contribution in [0.25, 0.3) is 10.9 Å². The molecule has 1 aromatic heterocycles. The second-order valence-corrected chi connectivity index (χ2v) is 11.6. The first kappa shape index (κ1) is 27.7. The van der Waals surface area contributed by atoms with Crippen LogP contribution in [0.1, 0.15) is 30.3 Å². The number of hydrogen-bond donors (Lipinski definition) is 1. The molecule has 190 valence electrons. The minimum Gasteiger partial charge on any atom is -0.482 e. The summed E-state index contributed by atoms with van der Waals surface area (Å²) < 4.78 is 9.67. The van der Waals surface area contributed by atoms with Crippen molar-refractivity contribution in [1.82, 2.24) is 9.66 Å². The molecule has 0 aliphatic heterocycles. The number of benzene rings is 3. The lowest BCUT2D eigenvalue weighted by molar-refractivity contribution is -0.118. The molecule has 0 fully saturated rings. The van der Waals surface area contributed by atoms with E-state index in [9.17, 15) is 9.59 Å². The first-order valence-corrected chi connectivity index (χ1v) is 14.4. The first-order valence-electron chi connectivity index (χ1n) is 11.5. The minimum absolute atomic E-state index is 0.110. The van der Waals surface area contributed by atoms with Crippen molar-refractivity contribution < 1.29 is 9.53 Å². The van der Waals surface area contributed by atoms with Crippen molar-refractivity contribution in [3.63, 3.8) is 0 Å². The van der Waals surface area contributed by atoms with Gasteiger partial charge in [0.25, 0.3) is 11.5 Å². The summed E-state index contributed by atoms with van der Waals surface area (Å²) in [4.78, 5) is 30.2. The van der Waals surface area contributed by atoms with Gasteiger partial charge in [-0.05, 0) is 107 Å². The number of rotatable bonds is 8. The average Bonchev–Trinajstić information content (AvgIpc) is 2.85. The molecule has 37 heavy (non-hydrogen) atoms. The molecule has 1 heterocycles. The highest BCUT2D eigenvalue weighted by molar-refractivity contribution is 14.1. The van der Waals surface area contributed by atoms with Gasteiger partial charge in [0.2, 0.25) is 0 Å². The Kier molecular flexibility index (Phi) is 9.35. The number of amides is 1. The maximum Gasteiger partial charge on any atom is 0.282 e. The van der Waals surface area contributed by atoms with Gasteiger partial charge in [0.05, 0.1) is 24.3 Å². The molecule has 10 heteroatoms. The van der Waals surface area contributed by atoms with Gasteiger partial charge in [-0.1, -0.05) is 40.5 Å². The number of aromatic nitrogens is 2. The van der Waals surface area contributed by atoms with Crippen LogP contribution < -0.4 is 15.6 Å². The fraction of sp³-hybridized carbons (Fsp3) is 0.185. The van der Waals surface area contributed by atoms with Gasteiger partial charge in [0, 0.05) is 16.6 Å². The zero-order chi connectivity index (χ0) is 26.5. The van der Waals surface area contributed by atoms with Gasteiger partial charge in [-0.15, -0.1) is 0 Å². The van der Waals surface area contributed by atoms with E-state index in [4.69, 9.17) is 4.74 Å². The zero-order valence-corrected chi connectivity index (χ0v) is 26.0. The molecule has 4 aromatic rings. The minimum atomic E-state index is -0.237. The molecule has 0 radical (unpaired) electrons. The molecular weight excluding hydrogens is 762 g/mol. The highest BCUT2D eigenvalue weighted by atomic mass is 127. The van der Waals surface area contributed by atoms with Gasteiger partial charge < -0.3 is 10.1 Å². The van der Waals surface area contributed by atoms with Crippen molar-refractivity contribution >= 4 is 89.8 Å². The van der Waals surface area contributed by atoms with Gasteiger partial charge in [-0.2, -0.15) is 9.78 Å². The van der Waals surface area contributed by atoms with E-state index in [0.29, 0.717) is 28.9 Å². The second kappa shape index (κ2) is 12.5. The summed E-state index contributed by atoms with van der Waals surface area (Å²) in [6, 6.07) is 16.9. The molecule has 4 rings (SSSR count). The Hall–Kier alpha value is -2.32. The van der Waals surface area contributed by atoms with E-state index < -0.39 is 0 Å². The Bertz CT molecular complexity index is 1530. The SMILES string of the molecule is CCCc1nc2ccc(Br)cc2c(=O)n1N=Cc1cc(I)c(OCC(=O)Nc2ccc(C)cc2)c(I)c1. The highest BCUT2D eigenvalue weighted by Gasteiger charge is 2.13. The number of carbonyl (C=O) groups is 1. The number of carbonyl (C=O) groups excluding carboxylic acids is 1. The molecule has 0 aliphatic carbocycles. The third kappa shape index (κ3) is 6.96. The predicted octanol–water partition coefficient (Wildman–Crippen LogP) is 6.53. The highest BCUT2D eigenvalue weighted by Crippen LogP contribution is 2.28. The predicted molar refractivity (Wildman–Crippen MR) is 168 cm³/mol. The number of halogens is 3. The number of ether oxygens (including phenoxy) is 1. The number of nitrogens with zero attached hydrogens (tertiary/aromatic N) is 3. The number of anilines is 1. The van der Waals surface area contributed by atoms with Crippen LogP contribution in [0.2, 0.25) is 0 Å². The van der Waals surface area contributed by atoms with Crippen LogP contribution >= 0.6 is 61.1 Å². The molecule has 0 atom stereocenters. The standard InChI is InChI=1S/C27H23BrI2N4O3/c1-3-4-24-33-23-10-7-18(28)13-20(23)27(36)34(24)31-14-17-11-21(29)26(22(30)12-17)37-15-25(35)32-19-8-5-16(2)6-9-19/h5-14H,3-4,15H2,1-2H3,(H,32,35). The third-order valence-electron chi connectivity index (χ3n) is 5.37. The summed E-state index contributed by atoms with van der Waals surface area (Å²) in [6.45, 7) is 3.92. The van der Waals surface area contributed by atoms with Crippen LogP contribution in [0, 0.1) is 14.1 Å². The van der Waals surface area contributed by atoms with Crippen molar-refractivity contribution in [3.05, 3.63) is 93.5 Å². The lowest BCUT2D eigenvalue weighted by atomic mass is 10.2. The van der Waals surface area contributed by atoms with Crippen molar-refractivity contribution in [2.75, 3.05) is 11.9 Å². The van der Waals surface area contributed by atoms with Crippen LogP contribution in [0.4, 0.5) is 5.69 Å². The van der Waals surface area contributed by atoms with E-state index in [1.807, 2.05) is 62.4 Å². The largest absolute Gasteiger partial charge is 0.482 e. The first-order chi connectivity index (χ1) is 17.7. The van der Waals surface area contributed by atoms with Crippen molar-refractivity contribution in [2.24, 2.45) is 5.10 Å². The van der Waals surface area contributed by atoms with Gasteiger partial charge in [0.15, 0.2) is 6.61 Å². The third-order valence-corrected chi connectivity index (χ3v) is 7.47. The van der Waals surface area contributed by atoms with Crippen LogP contribution in [-0.2, 0) is 11.2 Å². The second-order valence-electron chi connectivity index (χ2n) is 8.32. The summed E-state index contributed by atoms with van der Waals surface area (Å²) >= 11 is 7.77. The lowest BCUT2D eigenvalue weighted by Crippen LogP contribution is -2.22. The van der Waals surface area contributed by atoms with Crippen LogP contribution in [0.15, 0.2) is 69.0 Å². The van der Waals surface area contributed by atoms with Crippen molar-refractivity contribution in [2.45, 2.75) is 26.7 Å².